The largest absolute Gasteiger partial charge is 0.394 e. The van der Waals surface area contributed by atoms with Crippen LogP contribution in [0.5, 0.6) is 0 Å². The van der Waals surface area contributed by atoms with E-state index in [0.29, 0.717) is 11.3 Å². The van der Waals surface area contributed by atoms with Crippen molar-refractivity contribution in [3.8, 4) is 0 Å². The molecular weight excluding hydrogens is 802 g/mol. The molecule has 3 heteroatoms. The smallest absolute Gasteiger partial charge is 0.171 e. The third-order valence-electron chi connectivity index (χ3n) is 11.0. The van der Waals surface area contributed by atoms with Crippen molar-refractivity contribution in [2.24, 2.45) is 16.7 Å². The van der Waals surface area contributed by atoms with Gasteiger partial charge in [-0.05, 0) is 143 Å². The van der Waals surface area contributed by atoms with E-state index in [-0.39, 0.29) is 6.42 Å². The van der Waals surface area contributed by atoms with Crippen LogP contribution in [0.2, 0.25) is 0 Å². The second-order valence-corrected chi connectivity index (χ2v) is 20.6. The number of hydrogen-bond donors (Lipinski definition) is 0. The van der Waals surface area contributed by atoms with Gasteiger partial charge in [-0.15, -0.1) is 0 Å². The Hall–Kier alpha value is -4.89. The third-order valence-corrected chi connectivity index (χ3v) is 11.0. The summed E-state index contributed by atoms with van der Waals surface area (Å²) in [7, 11) is 0. The number of alkyl halides is 3. The van der Waals surface area contributed by atoms with Crippen LogP contribution in [-0.4, -0.2) is 6.18 Å². The predicted octanol–water partition coefficient (Wildman–Crippen LogP) is 18.9. The van der Waals surface area contributed by atoms with Crippen molar-refractivity contribution in [3.05, 3.63) is 212 Å². The number of rotatable bonds is 6. The van der Waals surface area contributed by atoms with E-state index in [2.05, 4.69) is 219 Å². The molecule has 0 aliphatic carbocycles. The molecular formula is C62H85F3. The van der Waals surface area contributed by atoms with Crippen LogP contribution in [0.3, 0.4) is 0 Å². The lowest BCUT2D eigenvalue weighted by Gasteiger charge is -2.27. The quantitative estimate of drug-likeness (QED) is 0.156. The van der Waals surface area contributed by atoms with Gasteiger partial charge >= 0.3 is 6.18 Å². The Morgan fingerprint density at radius 3 is 1.03 bits per heavy atom. The summed E-state index contributed by atoms with van der Waals surface area (Å²) in [5, 5.41) is 0. The Bertz CT molecular complexity index is 2150. The summed E-state index contributed by atoms with van der Waals surface area (Å²) in [6.45, 7) is 37.1. The van der Waals surface area contributed by atoms with Crippen LogP contribution in [0.4, 0.5) is 13.2 Å². The van der Waals surface area contributed by atoms with Crippen molar-refractivity contribution in [1.29, 1.82) is 0 Å². The minimum Gasteiger partial charge on any atom is -0.171 e. The molecule has 0 spiro atoms. The van der Waals surface area contributed by atoms with E-state index in [0.717, 1.165) is 23.5 Å². The molecule has 6 rings (SSSR count). The molecule has 6 aromatic carbocycles. The molecule has 0 amide bonds. The monoisotopic (exact) mass is 887 g/mol. The molecule has 0 unspecified atom stereocenters. The molecule has 0 nitrogen and oxygen atoms in total. The highest BCUT2D eigenvalue weighted by Crippen LogP contribution is 2.40. The SMILES string of the molecule is Cc1ccc(C(C)C)cc1.Cc1ccc(C)c(C)c1.Cc1ccc(CC(C)(C)C(F)(F)F)cc1.Cc1ccc(CC(C)(C)C)cc1.Cc1ccc(CC(C)C)cc1.Cc1ccccc1C. The number of aryl methyl sites for hydroxylation is 9. The molecule has 0 saturated heterocycles. The van der Waals surface area contributed by atoms with E-state index in [1.165, 1.54) is 81.5 Å². The maximum Gasteiger partial charge on any atom is 0.394 e. The second kappa shape index (κ2) is 28.2. The maximum atomic E-state index is 12.6. The Labute approximate surface area is 396 Å². The van der Waals surface area contributed by atoms with Gasteiger partial charge in [0.05, 0.1) is 5.41 Å². The van der Waals surface area contributed by atoms with E-state index < -0.39 is 11.6 Å². The van der Waals surface area contributed by atoms with Crippen molar-refractivity contribution < 1.29 is 13.2 Å². The van der Waals surface area contributed by atoms with Gasteiger partial charge in [0.1, 0.15) is 0 Å². The van der Waals surface area contributed by atoms with Crippen molar-refractivity contribution in [2.45, 2.75) is 156 Å². The summed E-state index contributed by atoms with van der Waals surface area (Å²) in [6, 6.07) is 48.3. The van der Waals surface area contributed by atoms with Gasteiger partial charge in [0.25, 0.3) is 0 Å². The van der Waals surface area contributed by atoms with Gasteiger partial charge in [-0.25, -0.2) is 0 Å². The van der Waals surface area contributed by atoms with Gasteiger partial charge in [0, 0.05) is 0 Å². The van der Waals surface area contributed by atoms with Crippen molar-refractivity contribution in [2.75, 3.05) is 0 Å². The Morgan fingerprint density at radius 1 is 0.385 bits per heavy atom. The van der Waals surface area contributed by atoms with Crippen molar-refractivity contribution in [1.82, 2.24) is 0 Å². The standard InChI is InChI=1S/C12H15F3.C12H18.C11H16.C10H14.C9H12.C8H10/c1-9-4-6-10(7-5-9)8-11(2,3)12(13,14)15;1-10-5-7-11(8-6-10)9-12(2,3)4;1-9(2)8-11-6-4-10(3)5-7-11;1-8(2)10-6-4-9(3)5-7-10;1-7-4-5-8(2)9(3)6-7;1-7-5-3-4-6-8(7)2/h4-7H,8H2,1-3H3;5-8H,9H2,1-4H3;4-7,9H,8H2,1-3H3;4-8H,1-3H3;4-6H,1-3H3;3-6H,1-2H3. The molecule has 0 aliphatic heterocycles. The summed E-state index contributed by atoms with van der Waals surface area (Å²) in [5.41, 5.74) is 15.7. The van der Waals surface area contributed by atoms with Gasteiger partial charge in [-0.2, -0.15) is 13.2 Å². The van der Waals surface area contributed by atoms with Crippen molar-refractivity contribution in [3.63, 3.8) is 0 Å². The zero-order valence-corrected chi connectivity index (χ0v) is 43.7. The fraction of sp³-hybridized carbons (Fsp3) is 0.419. The lowest BCUT2D eigenvalue weighted by molar-refractivity contribution is -0.211. The highest BCUT2D eigenvalue weighted by molar-refractivity contribution is 5.29. The first kappa shape index (κ1) is 58.1. The molecule has 6 aromatic rings. The van der Waals surface area contributed by atoms with Crippen LogP contribution in [-0.2, 0) is 19.3 Å². The van der Waals surface area contributed by atoms with Gasteiger partial charge in [-0.1, -0.05) is 230 Å². The minimum atomic E-state index is -4.15. The number of benzene rings is 6. The van der Waals surface area contributed by atoms with E-state index >= 15 is 0 Å². The molecule has 0 N–H and O–H groups in total. The van der Waals surface area contributed by atoms with Gasteiger partial charge in [0.2, 0.25) is 0 Å². The fourth-order valence-corrected chi connectivity index (χ4v) is 6.34. The van der Waals surface area contributed by atoms with Crippen LogP contribution in [0, 0.1) is 79.1 Å². The average Bonchev–Trinajstić information content (AvgIpc) is 3.20. The third kappa shape index (κ3) is 26.0. The highest BCUT2D eigenvalue weighted by Gasteiger charge is 2.46. The van der Waals surface area contributed by atoms with Crippen LogP contribution in [0.15, 0.2) is 140 Å². The van der Waals surface area contributed by atoms with E-state index in [9.17, 15) is 13.2 Å². The molecule has 0 saturated carbocycles. The number of hydrogen-bond acceptors (Lipinski definition) is 0. The maximum absolute atomic E-state index is 12.6. The van der Waals surface area contributed by atoms with Gasteiger partial charge in [-0.3, -0.25) is 0 Å². The Kier molecular flexibility index (Phi) is 25.2. The molecule has 0 aliphatic rings. The molecule has 0 atom stereocenters. The number of halogens is 3. The summed E-state index contributed by atoms with van der Waals surface area (Å²) in [5.74, 6) is 1.42. The second-order valence-electron chi connectivity index (χ2n) is 20.6. The molecule has 0 aromatic heterocycles. The van der Waals surface area contributed by atoms with Crippen LogP contribution in [0.1, 0.15) is 141 Å². The minimum absolute atomic E-state index is 0.0246. The summed E-state index contributed by atoms with van der Waals surface area (Å²) in [6.07, 6.45) is -1.78. The van der Waals surface area contributed by atoms with E-state index in [1.807, 2.05) is 19.1 Å². The van der Waals surface area contributed by atoms with E-state index in [4.69, 9.17) is 0 Å². The Balaban J connectivity index is 0.000000394. The average molecular weight is 887 g/mol. The zero-order chi connectivity index (χ0) is 49.5. The zero-order valence-electron chi connectivity index (χ0n) is 43.7. The Morgan fingerprint density at radius 2 is 0.723 bits per heavy atom. The first-order valence-electron chi connectivity index (χ1n) is 23.4. The van der Waals surface area contributed by atoms with Crippen LogP contribution in [0.25, 0.3) is 0 Å². The lowest BCUT2D eigenvalue weighted by Crippen LogP contribution is -2.34. The van der Waals surface area contributed by atoms with Gasteiger partial charge in [0.15, 0.2) is 0 Å². The van der Waals surface area contributed by atoms with Gasteiger partial charge < -0.3 is 0 Å². The van der Waals surface area contributed by atoms with E-state index in [1.54, 1.807) is 12.1 Å². The topological polar surface area (TPSA) is 0 Å². The normalized spacial score (nSPS) is 11.0. The summed E-state index contributed by atoms with van der Waals surface area (Å²) in [4.78, 5) is 0. The van der Waals surface area contributed by atoms with Crippen LogP contribution >= 0.6 is 0 Å². The molecule has 0 bridgehead atoms. The highest BCUT2D eigenvalue weighted by atomic mass is 19.4. The first-order valence-corrected chi connectivity index (χ1v) is 23.4. The molecule has 0 heterocycles. The summed E-state index contributed by atoms with van der Waals surface area (Å²) >= 11 is 0. The van der Waals surface area contributed by atoms with Crippen molar-refractivity contribution >= 4 is 0 Å². The molecule has 65 heavy (non-hydrogen) atoms. The predicted molar refractivity (Wildman–Crippen MR) is 281 cm³/mol. The molecule has 0 fully saturated rings. The first-order chi connectivity index (χ1) is 30.1. The molecule has 354 valence electrons. The fourth-order valence-electron chi connectivity index (χ4n) is 6.34. The molecule has 0 radical (unpaired) electrons. The lowest BCUT2D eigenvalue weighted by atomic mass is 9.85. The summed E-state index contributed by atoms with van der Waals surface area (Å²) < 4.78 is 37.8. The van der Waals surface area contributed by atoms with Crippen LogP contribution < -0.4 is 0 Å².